The largest absolute Gasteiger partial charge is 0.497 e. The topological polar surface area (TPSA) is 56.5 Å². The van der Waals surface area contributed by atoms with Gasteiger partial charge in [0.2, 0.25) is 0 Å². The first kappa shape index (κ1) is 17.0. The lowest BCUT2D eigenvalue weighted by Crippen LogP contribution is -2.48. The highest BCUT2D eigenvalue weighted by Crippen LogP contribution is 2.37. The van der Waals surface area contributed by atoms with Crippen LogP contribution < -0.4 is 16.0 Å². The zero-order chi connectivity index (χ0) is 15.2. The first-order chi connectivity index (χ1) is 9.58. The second-order valence-corrected chi connectivity index (χ2v) is 5.03. The molecule has 20 heavy (non-hydrogen) atoms. The van der Waals surface area contributed by atoms with E-state index in [9.17, 15) is 0 Å². The number of nitrogens with one attached hydrogen (secondary N) is 1. The standard InChI is InChI=1S/C16H28N2O2/c1-6-16(7-2,20-8-3)15(18-17)14-10-9-13(19-5)11-12(14)4/h9-11,15,18H,6-8,17H2,1-5H3. The van der Waals surface area contributed by atoms with E-state index >= 15 is 0 Å². The van der Waals surface area contributed by atoms with Crippen molar-refractivity contribution < 1.29 is 9.47 Å². The molecule has 0 heterocycles. The van der Waals surface area contributed by atoms with Crippen molar-refractivity contribution in [1.82, 2.24) is 5.43 Å². The number of hydrogen-bond acceptors (Lipinski definition) is 4. The van der Waals surface area contributed by atoms with Crippen LogP contribution in [0.3, 0.4) is 0 Å². The molecule has 3 N–H and O–H groups in total. The summed E-state index contributed by atoms with van der Waals surface area (Å²) in [7, 11) is 1.68. The zero-order valence-electron chi connectivity index (χ0n) is 13.3. The summed E-state index contributed by atoms with van der Waals surface area (Å²) in [5.41, 5.74) is 4.98. The van der Waals surface area contributed by atoms with Gasteiger partial charge in [-0.25, -0.2) is 0 Å². The third-order valence-corrected chi connectivity index (χ3v) is 4.11. The predicted octanol–water partition coefficient (Wildman–Crippen LogP) is 3.10. The van der Waals surface area contributed by atoms with E-state index in [1.54, 1.807) is 7.11 Å². The highest BCUT2D eigenvalue weighted by Gasteiger charge is 2.37. The van der Waals surface area contributed by atoms with Gasteiger partial charge in [0.1, 0.15) is 5.75 Å². The molecule has 1 rings (SSSR count). The molecule has 0 spiro atoms. The minimum atomic E-state index is -0.289. The van der Waals surface area contributed by atoms with Gasteiger partial charge in [-0.05, 0) is 49.9 Å². The Morgan fingerprint density at radius 1 is 1.25 bits per heavy atom. The monoisotopic (exact) mass is 280 g/mol. The number of rotatable bonds is 8. The Kier molecular flexibility index (Phi) is 6.46. The van der Waals surface area contributed by atoms with Crippen molar-refractivity contribution in [3.05, 3.63) is 29.3 Å². The van der Waals surface area contributed by atoms with E-state index in [4.69, 9.17) is 15.3 Å². The van der Waals surface area contributed by atoms with Crippen LogP contribution in [0.25, 0.3) is 0 Å². The summed E-state index contributed by atoms with van der Waals surface area (Å²) >= 11 is 0. The minimum absolute atomic E-state index is 0.0386. The van der Waals surface area contributed by atoms with Crippen LogP contribution in [0, 0.1) is 6.92 Å². The molecule has 0 aromatic heterocycles. The molecule has 1 unspecified atom stereocenters. The smallest absolute Gasteiger partial charge is 0.119 e. The summed E-state index contributed by atoms with van der Waals surface area (Å²) in [6.45, 7) is 9.05. The van der Waals surface area contributed by atoms with E-state index < -0.39 is 0 Å². The van der Waals surface area contributed by atoms with Gasteiger partial charge in [-0.1, -0.05) is 19.9 Å². The number of nitrogens with two attached hydrogens (primary N) is 1. The zero-order valence-corrected chi connectivity index (χ0v) is 13.3. The lowest BCUT2D eigenvalue weighted by Gasteiger charge is -2.40. The van der Waals surface area contributed by atoms with Crippen molar-refractivity contribution in [2.24, 2.45) is 5.84 Å². The van der Waals surface area contributed by atoms with Crippen molar-refractivity contribution in [2.45, 2.75) is 52.2 Å². The Balaban J connectivity index is 3.22. The summed E-state index contributed by atoms with van der Waals surface area (Å²) in [4.78, 5) is 0. The lowest BCUT2D eigenvalue weighted by atomic mass is 9.82. The Morgan fingerprint density at radius 3 is 2.30 bits per heavy atom. The van der Waals surface area contributed by atoms with Gasteiger partial charge in [-0.2, -0.15) is 0 Å². The summed E-state index contributed by atoms with van der Waals surface area (Å²) < 4.78 is 11.3. The Bertz CT molecular complexity index is 417. The molecular formula is C16H28N2O2. The number of hydrogen-bond donors (Lipinski definition) is 2. The van der Waals surface area contributed by atoms with Gasteiger partial charge < -0.3 is 9.47 Å². The van der Waals surface area contributed by atoms with E-state index in [1.807, 2.05) is 19.1 Å². The third-order valence-electron chi connectivity index (χ3n) is 4.11. The van der Waals surface area contributed by atoms with Crippen molar-refractivity contribution >= 4 is 0 Å². The molecule has 1 aromatic carbocycles. The molecule has 1 atom stereocenters. The average molecular weight is 280 g/mol. The quantitative estimate of drug-likeness (QED) is 0.567. The number of benzene rings is 1. The van der Waals surface area contributed by atoms with Gasteiger partial charge in [-0.3, -0.25) is 11.3 Å². The molecule has 0 aliphatic heterocycles. The Labute approximate surface area is 122 Å². The number of methoxy groups -OCH3 is 1. The van der Waals surface area contributed by atoms with Gasteiger partial charge in [0.25, 0.3) is 0 Å². The normalized spacial score (nSPS) is 13.3. The van der Waals surface area contributed by atoms with Crippen LogP contribution in [-0.2, 0) is 4.74 Å². The molecule has 4 nitrogen and oxygen atoms in total. The van der Waals surface area contributed by atoms with E-state index in [0.717, 1.165) is 29.7 Å². The fraction of sp³-hybridized carbons (Fsp3) is 0.625. The van der Waals surface area contributed by atoms with Crippen LogP contribution in [0.2, 0.25) is 0 Å². The van der Waals surface area contributed by atoms with Crippen molar-refractivity contribution in [1.29, 1.82) is 0 Å². The van der Waals surface area contributed by atoms with E-state index in [0.29, 0.717) is 6.61 Å². The van der Waals surface area contributed by atoms with Gasteiger partial charge in [-0.15, -0.1) is 0 Å². The highest BCUT2D eigenvalue weighted by atomic mass is 16.5. The molecule has 0 radical (unpaired) electrons. The van der Waals surface area contributed by atoms with Crippen molar-refractivity contribution in [3.8, 4) is 5.75 Å². The number of hydrazine groups is 1. The van der Waals surface area contributed by atoms with Gasteiger partial charge in [0, 0.05) is 6.61 Å². The first-order valence-electron chi connectivity index (χ1n) is 7.33. The van der Waals surface area contributed by atoms with Crippen molar-refractivity contribution in [2.75, 3.05) is 13.7 Å². The maximum atomic E-state index is 6.07. The van der Waals surface area contributed by atoms with E-state index in [2.05, 4.69) is 32.3 Å². The first-order valence-corrected chi connectivity index (χ1v) is 7.33. The van der Waals surface area contributed by atoms with Crippen LogP contribution >= 0.6 is 0 Å². The van der Waals surface area contributed by atoms with E-state index in [1.165, 1.54) is 0 Å². The maximum Gasteiger partial charge on any atom is 0.119 e. The predicted molar refractivity (Wildman–Crippen MR) is 82.7 cm³/mol. The molecule has 114 valence electrons. The number of aryl methyl sites for hydroxylation is 1. The summed E-state index contributed by atoms with van der Waals surface area (Å²) in [5.74, 6) is 6.71. The molecule has 0 aliphatic carbocycles. The van der Waals surface area contributed by atoms with Gasteiger partial charge in [0.15, 0.2) is 0 Å². The summed E-state index contributed by atoms with van der Waals surface area (Å²) in [6, 6.07) is 6.03. The molecule has 1 aromatic rings. The SMILES string of the molecule is CCOC(CC)(CC)C(NN)c1ccc(OC)cc1C. The third kappa shape index (κ3) is 3.32. The van der Waals surface area contributed by atoms with Crippen LogP contribution in [0.1, 0.15) is 50.8 Å². The second kappa shape index (κ2) is 7.62. The molecule has 0 amide bonds. The van der Waals surface area contributed by atoms with Gasteiger partial charge in [0.05, 0.1) is 18.8 Å². The van der Waals surface area contributed by atoms with E-state index in [-0.39, 0.29) is 11.6 Å². The maximum absolute atomic E-state index is 6.07. The molecule has 0 bridgehead atoms. The molecular weight excluding hydrogens is 252 g/mol. The highest BCUT2D eigenvalue weighted by molar-refractivity contribution is 5.38. The molecule has 0 aliphatic rings. The fourth-order valence-electron chi connectivity index (χ4n) is 2.86. The van der Waals surface area contributed by atoms with Crippen LogP contribution in [-0.4, -0.2) is 19.3 Å². The molecule has 0 saturated carbocycles. The van der Waals surface area contributed by atoms with Crippen LogP contribution in [0.5, 0.6) is 5.75 Å². The lowest BCUT2D eigenvalue weighted by molar-refractivity contribution is -0.0735. The molecule has 0 saturated heterocycles. The average Bonchev–Trinajstić information content (AvgIpc) is 2.48. The molecule has 0 fully saturated rings. The fourth-order valence-corrected chi connectivity index (χ4v) is 2.86. The Morgan fingerprint density at radius 2 is 1.90 bits per heavy atom. The molecule has 4 heteroatoms. The second-order valence-electron chi connectivity index (χ2n) is 5.03. The van der Waals surface area contributed by atoms with Crippen molar-refractivity contribution in [3.63, 3.8) is 0 Å². The van der Waals surface area contributed by atoms with Crippen LogP contribution in [0.15, 0.2) is 18.2 Å². The number of ether oxygens (including phenoxy) is 2. The van der Waals surface area contributed by atoms with Gasteiger partial charge >= 0.3 is 0 Å². The summed E-state index contributed by atoms with van der Waals surface area (Å²) in [5, 5.41) is 0. The Hall–Kier alpha value is -1.10. The summed E-state index contributed by atoms with van der Waals surface area (Å²) in [6.07, 6.45) is 1.80. The van der Waals surface area contributed by atoms with Crippen LogP contribution in [0.4, 0.5) is 0 Å². The minimum Gasteiger partial charge on any atom is -0.497 e.